The van der Waals surface area contributed by atoms with E-state index in [1.54, 1.807) is 19.5 Å². The maximum absolute atomic E-state index is 9.14. The Morgan fingerprint density at radius 3 is 2.19 bits per heavy atom. The summed E-state index contributed by atoms with van der Waals surface area (Å²) >= 11 is 0. The number of methoxy groups -OCH3 is 1. The average molecular weight is 353 g/mol. The van der Waals surface area contributed by atoms with Gasteiger partial charge in [0.1, 0.15) is 5.75 Å². The number of anilines is 3. The Hall–Kier alpha value is -3.46. The minimum absolute atomic E-state index is 0.0466. The number of aromatic nitrogens is 4. The Morgan fingerprint density at radius 2 is 1.54 bits per heavy atom. The fourth-order valence-electron chi connectivity index (χ4n) is 2.23. The van der Waals surface area contributed by atoms with Gasteiger partial charge in [0.05, 0.1) is 7.11 Å². The number of rotatable bonds is 8. The first-order chi connectivity index (χ1) is 12.8. The first-order valence-corrected chi connectivity index (χ1v) is 7.92. The molecule has 2 heterocycles. The van der Waals surface area contributed by atoms with Crippen LogP contribution in [0.15, 0.2) is 48.8 Å². The van der Waals surface area contributed by atoms with Crippen LogP contribution in [0.3, 0.4) is 0 Å². The fourth-order valence-corrected chi connectivity index (χ4v) is 2.23. The summed E-state index contributed by atoms with van der Waals surface area (Å²) in [5, 5.41) is 15.3. The van der Waals surface area contributed by atoms with Gasteiger partial charge in [-0.2, -0.15) is 15.0 Å². The third-order valence-electron chi connectivity index (χ3n) is 3.52. The lowest BCUT2D eigenvalue weighted by Crippen LogP contribution is -2.11. The molecule has 0 aliphatic rings. The van der Waals surface area contributed by atoms with E-state index >= 15 is 0 Å². The van der Waals surface area contributed by atoms with E-state index in [2.05, 4.69) is 30.6 Å². The summed E-state index contributed by atoms with van der Waals surface area (Å²) in [6.45, 7) is 1.02. The van der Waals surface area contributed by atoms with Gasteiger partial charge in [0.2, 0.25) is 11.9 Å². The molecule has 1 aromatic carbocycles. The van der Waals surface area contributed by atoms with Crippen molar-refractivity contribution in [2.45, 2.75) is 13.1 Å². The lowest BCUT2D eigenvalue weighted by Gasteiger charge is -2.10. The lowest BCUT2D eigenvalue weighted by molar-refractivity contribution is 0.382. The molecule has 0 aliphatic heterocycles. The van der Waals surface area contributed by atoms with E-state index in [9.17, 15) is 0 Å². The Balaban J connectivity index is 1.68. The van der Waals surface area contributed by atoms with Gasteiger partial charge in [-0.15, -0.1) is 0 Å². The molecule has 9 nitrogen and oxygen atoms in total. The average Bonchev–Trinajstić information content (AvgIpc) is 2.71. The van der Waals surface area contributed by atoms with Crippen molar-refractivity contribution in [3.63, 3.8) is 0 Å². The first-order valence-electron chi connectivity index (χ1n) is 7.92. The van der Waals surface area contributed by atoms with E-state index in [0.717, 1.165) is 16.9 Å². The van der Waals surface area contributed by atoms with Gasteiger partial charge < -0.3 is 15.4 Å². The van der Waals surface area contributed by atoms with Crippen molar-refractivity contribution in [1.82, 2.24) is 19.9 Å². The second-order valence-corrected chi connectivity index (χ2v) is 5.33. The van der Waals surface area contributed by atoms with Crippen molar-refractivity contribution in [3.8, 4) is 5.75 Å². The first kappa shape index (κ1) is 17.4. The van der Waals surface area contributed by atoms with Crippen molar-refractivity contribution in [2.24, 2.45) is 0 Å². The molecule has 0 spiro atoms. The molecule has 9 heteroatoms. The maximum Gasteiger partial charge on any atom is 0.253 e. The largest absolute Gasteiger partial charge is 0.497 e. The SMILES string of the molecule is COc1cccc(CNc2nc(NO)nc(NCc3ccncc3)n2)c1. The van der Waals surface area contributed by atoms with Gasteiger partial charge in [0.25, 0.3) is 5.95 Å². The number of benzene rings is 1. The van der Waals surface area contributed by atoms with Gasteiger partial charge in [-0.25, -0.2) is 5.48 Å². The zero-order chi connectivity index (χ0) is 18.2. The predicted molar refractivity (Wildman–Crippen MR) is 97.1 cm³/mol. The summed E-state index contributed by atoms with van der Waals surface area (Å²) in [7, 11) is 1.62. The minimum Gasteiger partial charge on any atom is -0.497 e. The van der Waals surface area contributed by atoms with Crippen LogP contribution in [-0.4, -0.2) is 32.3 Å². The van der Waals surface area contributed by atoms with Gasteiger partial charge >= 0.3 is 0 Å². The smallest absolute Gasteiger partial charge is 0.253 e. The third-order valence-corrected chi connectivity index (χ3v) is 3.52. The van der Waals surface area contributed by atoms with Crippen LogP contribution in [-0.2, 0) is 13.1 Å². The summed E-state index contributed by atoms with van der Waals surface area (Å²) in [6, 6.07) is 11.4. The van der Waals surface area contributed by atoms with Gasteiger partial charge in [-0.3, -0.25) is 10.2 Å². The molecule has 26 heavy (non-hydrogen) atoms. The molecule has 0 atom stereocenters. The molecule has 3 aromatic rings. The van der Waals surface area contributed by atoms with Crippen LogP contribution in [0.5, 0.6) is 5.75 Å². The number of pyridine rings is 1. The fraction of sp³-hybridized carbons (Fsp3) is 0.176. The van der Waals surface area contributed by atoms with Crippen LogP contribution < -0.4 is 20.9 Å². The standard InChI is InChI=1S/C17H19N7O2/c1-26-14-4-2-3-13(9-14)11-20-16-21-15(22-17(23-16)24-25)19-10-12-5-7-18-8-6-12/h2-9,25H,10-11H2,1H3,(H3,19,20,21,22,23,24). The molecule has 4 N–H and O–H groups in total. The summed E-state index contributed by atoms with van der Waals surface area (Å²) in [4.78, 5) is 16.5. The van der Waals surface area contributed by atoms with Crippen molar-refractivity contribution in [1.29, 1.82) is 0 Å². The van der Waals surface area contributed by atoms with Gasteiger partial charge in [0, 0.05) is 25.5 Å². The normalized spacial score (nSPS) is 10.2. The molecule has 0 saturated carbocycles. The van der Waals surface area contributed by atoms with Crippen molar-refractivity contribution in [3.05, 3.63) is 59.9 Å². The van der Waals surface area contributed by atoms with Crippen LogP contribution in [0.2, 0.25) is 0 Å². The van der Waals surface area contributed by atoms with Crippen molar-refractivity contribution in [2.75, 3.05) is 23.2 Å². The summed E-state index contributed by atoms with van der Waals surface area (Å²) < 4.78 is 5.21. The molecule has 0 radical (unpaired) electrons. The van der Waals surface area contributed by atoms with Crippen molar-refractivity contribution >= 4 is 17.8 Å². The maximum atomic E-state index is 9.14. The third kappa shape index (κ3) is 4.77. The van der Waals surface area contributed by atoms with E-state index < -0.39 is 0 Å². The second kappa shape index (κ2) is 8.58. The number of hydrogen-bond acceptors (Lipinski definition) is 9. The molecule has 0 aliphatic carbocycles. The van der Waals surface area contributed by atoms with Gasteiger partial charge in [-0.05, 0) is 35.4 Å². The van der Waals surface area contributed by atoms with E-state index in [1.165, 1.54) is 0 Å². The van der Waals surface area contributed by atoms with Crippen LogP contribution in [0.25, 0.3) is 0 Å². The van der Waals surface area contributed by atoms with Crippen molar-refractivity contribution < 1.29 is 9.94 Å². The molecular formula is C17H19N7O2. The van der Waals surface area contributed by atoms with E-state index in [-0.39, 0.29) is 5.95 Å². The molecule has 0 amide bonds. The zero-order valence-electron chi connectivity index (χ0n) is 14.2. The van der Waals surface area contributed by atoms with Gasteiger partial charge in [0.15, 0.2) is 0 Å². The predicted octanol–water partition coefficient (Wildman–Crippen LogP) is 2.30. The van der Waals surface area contributed by atoms with E-state index in [4.69, 9.17) is 9.94 Å². The van der Waals surface area contributed by atoms with Crippen LogP contribution in [0.1, 0.15) is 11.1 Å². The summed E-state index contributed by atoms with van der Waals surface area (Å²) in [5.41, 5.74) is 3.99. The highest BCUT2D eigenvalue weighted by molar-refractivity contribution is 5.42. The van der Waals surface area contributed by atoms with E-state index in [0.29, 0.717) is 25.0 Å². The summed E-state index contributed by atoms with van der Waals surface area (Å²) in [6.07, 6.45) is 3.43. The Kier molecular flexibility index (Phi) is 5.73. The number of nitrogens with zero attached hydrogens (tertiary/aromatic N) is 4. The Morgan fingerprint density at radius 1 is 0.885 bits per heavy atom. The minimum atomic E-state index is 0.0466. The molecule has 0 fully saturated rings. The molecule has 3 rings (SSSR count). The monoisotopic (exact) mass is 353 g/mol. The topological polar surface area (TPSA) is 117 Å². The van der Waals surface area contributed by atoms with E-state index in [1.807, 2.05) is 41.9 Å². The van der Waals surface area contributed by atoms with Crippen LogP contribution in [0, 0.1) is 0 Å². The highest BCUT2D eigenvalue weighted by Gasteiger charge is 2.06. The number of ether oxygens (including phenoxy) is 1. The molecule has 134 valence electrons. The molecular weight excluding hydrogens is 334 g/mol. The lowest BCUT2D eigenvalue weighted by atomic mass is 10.2. The Bertz CT molecular complexity index is 846. The molecule has 0 saturated heterocycles. The summed E-state index contributed by atoms with van der Waals surface area (Å²) in [5.74, 6) is 1.49. The molecule has 0 unspecified atom stereocenters. The quantitative estimate of drug-likeness (QED) is 0.452. The van der Waals surface area contributed by atoms with Gasteiger partial charge in [-0.1, -0.05) is 12.1 Å². The number of hydrogen-bond donors (Lipinski definition) is 4. The zero-order valence-corrected chi connectivity index (χ0v) is 14.2. The number of nitrogens with one attached hydrogen (secondary N) is 3. The Labute approximate surface area is 150 Å². The van der Waals surface area contributed by atoms with Crippen LogP contribution >= 0.6 is 0 Å². The van der Waals surface area contributed by atoms with Crippen LogP contribution in [0.4, 0.5) is 17.8 Å². The molecule has 0 bridgehead atoms. The highest BCUT2D eigenvalue weighted by atomic mass is 16.5. The highest BCUT2D eigenvalue weighted by Crippen LogP contribution is 2.15. The molecule has 2 aromatic heterocycles. The second-order valence-electron chi connectivity index (χ2n) is 5.33.